The van der Waals surface area contributed by atoms with Crippen LogP contribution in [-0.2, 0) is 0 Å². The highest BCUT2D eigenvalue weighted by atomic mass is 16.5. The SMILES string of the molecule is CCCNCC1(CCCOc2ccccc2)CCC1. The summed E-state index contributed by atoms with van der Waals surface area (Å²) in [5.74, 6) is 0.995. The highest BCUT2D eigenvalue weighted by Gasteiger charge is 2.35. The summed E-state index contributed by atoms with van der Waals surface area (Å²) in [5, 5.41) is 3.60. The second kappa shape index (κ2) is 7.54. The van der Waals surface area contributed by atoms with E-state index >= 15 is 0 Å². The predicted molar refractivity (Wildman–Crippen MR) is 80.6 cm³/mol. The van der Waals surface area contributed by atoms with Gasteiger partial charge in [-0.3, -0.25) is 0 Å². The Balaban J connectivity index is 1.63. The van der Waals surface area contributed by atoms with Gasteiger partial charge >= 0.3 is 0 Å². The Bertz CT molecular complexity index is 346. The Kier molecular flexibility index (Phi) is 5.71. The van der Waals surface area contributed by atoms with Gasteiger partial charge in [0.25, 0.3) is 0 Å². The van der Waals surface area contributed by atoms with Crippen LogP contribution in [0.25, 0.3) is 0 Å². The number of rotatable bonds is 9. The summed E-state index contributed by atoms with van der Waals surface area (Å²) >= 11 is 0. The van der Waals surface area contributed by atoms with Gasteiger partial charge < -0.3 is 10.1 Å². The molecule has 0 spiro atoms. The van der Waals surface area contributed by atoms with Crippen LogP contribution in [0, 0.1) is 5.41 Å². The predicted octanol–water partition coefficient (Wildman–Crippen LogP) is 4.02. The Morgan fingerprint density at radius 2 is 2.00 bits per heavy atom. The lowest BCUT2D eigenvalue weighted by atomic mass is 9.66. The smallest absolute Gasteiger partial charge is 0.119 e. The van der Waals surface area contributed by atoms with E-state index in [-0.39, 0.29) is 0 Å². The van der Waals surface area contributed by atoms with Crippen molar-refractivity contribution >= 4 is 0 Å². The minimum absolute atomic E-state index is 0.579. The fourth-order valence-corrected chi connectivity index (χ4v) is 2.88. The van der Waals surface area contributed by atoms with Crippen LogP contribution in [0.2, 0.25) is 0 Å². The van der Waals surface area contributed by atoms with Crippen molar-refractivity contribution < 1.29 is 4.74 Å². The summed E-state index contributed by atoms with van der Waals surface area (Å²) in [4.78, 5) is 0. The Hall–Kier alpha value is -1.02. The molecule has 1 saturated carbocycles. The van der Waals surface area contributed by atoms with E-state index in [1.165, 1.54) is 45.1 Å². The molecule has 1 aliphatic carbocycles. The van der Waals surface area contributed by atoms with Crippen LogP contribution in [0.1, 0.15) is 45.4 Å². The summed E-state index contributed by atoms with van der Waals surface area (Å²) in [6, 6.07) is 10.1. The van der Waals surface area contributed by atoms with Gasteiger partial charge in [-0.1, -0.05) is 31.5 Å². The lowest BCUT2D eigenvalue weighted by molar-refractivity contribution is 0.106. The van der Waals surface area contributed by atoms with Crippen molar-refractivity contribution in [2.45, 2.75) is 45.4 Å². The molecule has 0 radical (unpaired) electrons. The van der Waals surface area contributed by atoms with Crippen LogP contribution in [0.3, 0.4) is 0 Å². The molecule has 19 heavy (non-hydrogen) atoms. The van der Waals surface area contributed by atoms with Crippen LogP contribution < -0.4 is 10.1 Å². The normalized spacial score (nSPS) is 16.9. The van der Waals surface area contributed by atoms with Gasteiger partial charge in [0, 0.05) is 6.54 Å². The Morgan fingerprint density at radius 1 is 1.21 bits per heavy atom. The number of ether oxygens (including phenoxy) is 1. The maximum Gasteiger partial charge on any atom is 0.119 e. The molecule has 0 unspecified atom stereocenters. The first kappa shape index (κ1) is 14.4. The zero-order valence-corrected chi connectivity index (χ0v) is 12.2. The van der Waals surface area contributed by atoms with Crippen molar-refractivity contribution in [1.82, 2.24) is 5.32 Å². The molecule has 0 saturated heterocycles. The summed E-state index contributed by atoms with van der Waals surface area (Å²) in [5.41, 5.74) is 0.579. The highest BCUT2D eigenvalue weighted by Crippen LogP contribution is 2.44. The zero-order chi connectivity index (χ0) is 13.4. The maximum atomic E-state index is 5.78. The molecule has 106 valence electrons. The largest absolute Gasteiger partial charge is 0.494 e. The minimum atomic E-state index is 0.579. The van der Waals surface area contributed by atoms with Crippen molar-refractivity contribution in [2.75, 3.05) is 19.7 Å². The number of para-hydroxylation sites is 1. The number of hydrogen-bond acceptors (Lipinski definition) is 2. The van der Waals surface area contributed by atoms with Gasteiger partial charge in [0.2, 0.25) is 0 Å². The summed E-state index contributed by atoms with van der Waals surface area (Å²) in [6.07, 6.45) is 7.91. The lowest BCUT2D eigenvalue weighted by Gasteiger charge is -2.42. The molecule has 2 nitrogen and oxygen atoms in total. The molecular formula is C17H27NO. The van der Waals surface area contributed by atoms with Gasteiger partial charge in [0.15, 0.2) is 0 Å². The van der Waals surface area contributed by atoms with Gasteiger partial charge in [-0.05, 0) is 56.2 Å². The zero-order valence-electron chi connectivity index (χ0n) is 12.2. The molecule has 0 bridgehead atoms. The lowest BCUT2D eigenvalue weighted by Crippen LogP contribution is -2.40. The van der Waals surface area contributed by atoms with Crippen LogP contribution in [0.5, 0.6) is 5.75 Å². The molecule has 0 heterocycles. The van der Waals surface area contributed by atoms with Gasteiger partial charge in [-0.25, -0.2) is 0 Å². The van der Waals surface area contributed by atoms with E-state index in [4.69, 9.17) is 4.74 Å². The molecule has 2 rings (SSSR count). The molecule has 0 aromatic heterocycles. The van der Waals surface area contributed by atoms with Crippen LogP contribution in [0.15, 0.2) is 30.3 Å². The third-order valence-electron chi connectivity index (χ3n) is 4.20. The average molecular weight is 261 g/mol. The quantitative estimate of drug-likeness (QED) is 0.678. The van der Waals surface area contributed by atoms with Crippen molar-refractivity contribution in [1.29, 1.82) is 0 Å². The molecule has 0 aliphatic heterocycles. The fraction of sp³-hybridized carbons (Fsp3) is 0.647. The Morgan fingerprint density at radius 3 is 2.63 bits per heavy atom. The van der Waals surface area contributed by atoms with Crippen LogP contribution >= 0.6 is 0 Å². The van der Waals surface area contributed by atoms with E-state index in [1.807, 2.05) is 30.3 Å². The van der Waals surface area contributed by atoms with Crippen LogP contribution in [0.4, 0.5) is 0 Å². The van der Waals surface area contributed by atoms with Crippen LogP contribution in [-0.4, -0.2) is 19.7 Å². The molecular weight excluding hydrogens is 234 g/mol. The highest BCUT2D eigenvalue weighted by molar-refractivity contribution is 5.20. The first-order valence-electron chi connectivity index (χ1n) is 7.73. The molecule has 1 aromatic rings. The molecule has 1 N–H and O–H groups in total. The molecule has 1 aliphatic rings. The Labute approximate surface area is 117 Å². The van der Waals surface area contributed by atoms with E-state index in [9.17, 15) is 0 Å². The van der Waals surface area contributed by atoms with Crippen molar-refractivity contribution in [3.05, 3.63) is 30.3 Å². The summed E-state index contributed by atoms with van der Waals surface area (Å²) in [6.45, 7) is 5.43. The van der Waals surface area contributed by atoms with E-state index in [2.05, 4.69) is 12.2 Å². The van der Waals surface area contributed by atoms with Gasteiger partial charge in [-0.2, -0.15) is 0 Å². The summed E-state index contributed by atoms with van der Waals surface area (Å²) in [7, 11) is 0. The molecule has 1 aromatic carbocycles. The minimum Gasteiger partial charge on any atom is -0.494 e. The fourth-order valence-electron chi connectivity index (χ4n) is 2.88. The maximum absolute atomic E-state index is 5.78. The molecule has 1 fully saturated rings. The average Bonchev–Trinajstić information content (AvgIpc) is 2.41. The number of nitrogens with one attached hydrogen (secondary N) is 1. The molecule has 2 heteroatoms. The van der Waals surface area contributed by atoms with E-state index < -0.39 is 0 Å². The first-order valence-corrected chi connectivity index (χ1v) is 7.73. The van der Waals surface area contributed by atoms with Crippen molar-refractivity contribution in [2.24, 2.45) is 5.41 Å². The van der Waals surface area contributed by atoms with E-state index in [0.29, 0.717) is 5.41 Å². The molecule has 0 atom stereocenters. The second-order valence-electron chi connectivity index (χ2n) is 5.80. The number of hydrogen-bond donors (Lipinski definition) is 1. The number of benzene rings is 1. The summed E-state index contributed by atoms with van der Waals surface area (Å²) < 4.78 is 5.78. The van der Waals surface area contributed by atoms with Crippen molar-refractivity contribution in [3.63, 3.8) is 0 Å². The topological polar surface area (TPSA) is 21.3 Å². The standard InChI is InChI=1S/C17H27NO/c1-2-13-18-15-17(10-6-11-17)12-7-14-19-16-8-4-3-5-9-16/h3-5,8-9,18H,2,6-7,10-15H2,1H3. The third kappa shape index (κ3) is 4.54. The first-order chi connectivity index (χ1) is 9.35. The van der Waals surface area contributed by atoms with Crippen molar-refractivity contribution in [3.8, 4) is 5.75 Å². The second-order valence-corrected chi connectivity index (χ2v) is 5.80. The van der Waals surface area contributed by atoms with Gasteiger partial charge in [0.05, 0.1) is 6.61 Å². The van der Waals surface area contributed by atoms with Gasteiger partial charge in [-0.15, -0.1) is 0 Å². The van der Waals surface area contributed by atoms with Gasteiger partial charge in [0.1, 0.15) is 5.75 Å². The van der Waals surface area contributed by atoms with E-state index in [0.717, 1.165) is 18.9 Å². The van der Waals surface area contributed by atoms with E-state index in [1.54, 1.807) is 0 Å². The molecule has 0 amide bonds. The third-order valence-corrected chi connectivity index (χ3v) is 4.20. The monoisotopic (exact) mass is 261 g/mol.